The highest BCUT2D eigenvalue weighted by atomic mass is 19.1. The first-order chi connectivity index (χ1) is 12.1. The zero-order valence-electron chi connectivity index (χ0n) is 13.3. The van der Waals surface area contributed by atoms with Crippen LogP contribution in [-0.4, -0.2) is 27.3 Å². The molecular weight excluding hydrogens is 325 g/mol. The Morgan fingerprint density at radius 3 is 2.72 bits per heavy atom. The molecule has 0 spiro atoms. The van der Waals surface area contributed by atoms with Crippen molar-refractivity contribution in [2.75, 3.05) is 12.8 Å². The molecule has 3 N–H and O–H groups in total. The van der Waals surface area contributed by atoms with Crippen molar-refractivity contribution in [3.05, 3.63) is 53.7 Å². The summed E-state index contributed by atoms with van der Waals surface area (Å²) in [7, 11) is 1.54. The first-order valence-corrected chi connectivity index (χ1v) is 7.53. The highest BCUT2D eigenvalue weighted by Crippen LogP contribution is 2.35. The largest absolute Gasteiger partial charge is 0.494 e. The zero-order valence-corrected chi connectivity index (χ0v) is 13.3. The molecule has 0 aliphatic carbocycles. The number of rotatable bonds is 4. The summed E-state index contributed by atoms with van der Waals surface area (Å²) >= 11 is 0. The maximum atomic E-state index is 13.0. The van der Waals surface area contributed by atoms with Crippen molar-refractivity contribution in [3.8, 4) is 17.2 Å². The molecule has 2 heterocycles. The van der Waals surface area contributed by atoms with Crippen LogP contribution in [0.15, 0.2) is 40.8 Å². The summed E-state index contributed by atoms with van der Waals surface area (Å²) in [5.74, 6) is 1.25. The second-order valence-electron chi connectivity index (χ2n) is 5.47. The Kier molecular flexibility index (Phi) is 3.57. The number of fused-ring (bicyclic) bond motifs is 1. The Hall–Kier alpha value is -3.42. The minimum absolute atomic E-state index is 0.286. The molecule has 0 aliphatic rings. The van der Waals surface area contributed by atoms with Crippen molar-refractivity contribution in [3.63, 3.8) is 0 Å². The second kappa shape index (κ2) is 5.90. The average molecular weight is 339 g/mol. The number of H-pyrrole nitrogens is 1. The molecule has 0 aliphatic heterocycles. The van der Waals surface area contributed by atoms with Crippen LogP contribution in [0.1, 0.15) is 11.5 Å². The van der Waals surface area contributed by atoms with Gasteiger partial charge in [-0.05, 0) is 29.8 Å². The smallest absolute Gasteiger partial charge is 0.251 e. The Morgan fingerprint density at radius 1 is 1.16 bits per heavy atom. The van der Waals surface area contributed by atoms with Crippen LogP contribution in [-0.2, 0) is 6.42 Å². The molecule has 0 saturated heterocycles. The Balaban J connectivity index is 1.69. The van der Waals surface area contributed by atoms with E-state index in [2.05, 4.69) is 20.2 Å². The van der Waals surface area contributed by atoms with E-state index in [1.807, 2.05) is 6.07 Å². The van der Waals surface area contributed by atoms with E-state index < -0.39 is 0 Å². The number of benzene rings is 2. The number of methoxy groups -OCH3 is 1. The van der Waals surface area contributed by atoms with Crippen molar-refractivity contribution in [1.82, 2.24) is 20.2 Å². The summed E-state index contributed by atoms with van der Waals surface area (Å²) < 4.78 is 24.2. The van der Waals surface area contributed by atoms with E-state index in [4.69, 9.17) is 14.9 Å². The van der Waals surface area contributed by atoms with Crippen molar-refractivity contribution in [2.24, 2.45) is 0 Å². The van der Waals surface area contributed by atoms with Gasteiger partial charge in [0.2, 0.25) is 5.89 Å². The van der Waals surface area contributed by atoms with Gasteiger partial charge in [0.1, 0.15) is 11.3 Å². The molecule has 0 bridgehead atoms. The first-order valence-electron chi connectivity index (χ1n) is 7.53. The van der Waals surface area contributed by atoms with E-state index in [0.29, 0.717) is 41.0 Å². The molecule has 4 aromatic rings. The Bertz CT molecular complexity index is 1040. The van der Waals surface area contributed by atoms with Gasteiger partial charge in [0.25, 0.3) is 5.89 Å². The predicted octanol–water partition coefficient (Wildman–Crippen LogP) is 2.93. The summed E-state index contributed by atoms with van der Waals surface area (Å²) in [6.07, 6.45) is 0.410. The fraction of sp³-hybridized carbons (Fsp3) is 0.118. The second-order valence-corrected chi connectivity index (χ2v) is 5.47. The number of nitrogens with two attached hydrogens (primary N) is 1. The van der Waals surface area contributed by atoms with Gasteiger partial charge in [-0.25, -0.2) is 9.37 Å². The lowest BCUT2D eigenvalue weighted by molar-refractivity contribution is 0.417. The molecule has 0 unspecified atom stereocenters. The number of nitrogens with one attached hydrogen (secondary N) is 1. The van der Waals surface area contributed by atoms with Crippen molar-refractivity contribution >= 4 is 17.0 Å². The number of nitrogen functional groups attached to an aromatic ring is 1. The number of anilines is 1. The third kappa shape index (κ3) is 2.78. The lowest BCUT2D eigenvalue weighted by Crippen LogP contribution is -1.90. The molecule has 25 heavy (non-hydrogen) atoms. The molecular formula is C17H14FN5O2. The quantitative estimate of drug-likeness (QED) is 0.592. The molecule has 8 heteroatoms. The van der Waals surface area contributed by atoms with Gasteiger partial charge in [0.05, 0.1) is 24.6 Å². The molecule has 0 radical (unpaired) electrons. The van der Waals surface area contributed by atoms with Crippen LogP contribution in [0.25, 0.3) is 22.5 Å². The summed E-state index contributed by atoms with van der Waals surface area (Å²) in [5.41, 5.74) is 8.55. The summed E-state index contributed by atoms with van der Waals surface area (Å²) in [4.78, 5) is 7.17. The molecule has 0 amide bonds. The summed E-state index contributed by atoms with van der Waals surface area (Å²) in [5, 5.41) is 8.13. The van der Waals surface area contributed by atoms with Gasteiger partial charge in [-0.15, -0.1) is 10.2 Å². The minimum atomic E-state index is -0.286. The lowest BCUT2D eigenvalue weighted by Gasteiger charge is -2.05. The number of ether oxygens (including phenoxy) is 1. The van der Waals surface area contributed by atoms with Gasteiger partial charge < -0.3 is 19.9 Å². The normalized spacial score (nSPS) is 11.1. The summed E-state index contributed by atoms with van der Waals surface area (Å²) in [6.45, 7) is 0. The van der Waals surface area contributed by atoms with Crippen LogP contribution in [0.5, 0.6) is 5.75 Å². The molecule has 126 valence electrons. The van der Waals surface area contributed by atoms with Crippen LogP contribution in [0, 0.1) is 5.82 Å². The van der Waals surface area contributed by atoms with Gasteiger partial charge in [0, 0.05) is 0 Å². The van der Waals surface area contributed by atoms with E-state index in [0.717, 1.165) is 11.1 Å². The number of hydrogen-bond acceptors (Lipinski definition) is 6. The fourth-order valence-electron chi connectivity index (χ4n) is 2.66. The number of aromatic amines is 1. The number of imidazole rings is 1. The topological polar surface area (TPSA) is 103 Å². The van der Waals surface area contributed by atoms with E-state index in [1.54, 1.807) is 25.3 Å². The maximum absolute atomic E-state index is 13.0. The van der Waals surface area contributed by atoms with Gasteiger partial charge in [-0.3, -0.25) is 0 Å². The number of hydrogen-bond donors (Lipinski definition) is 2. The van der Waals surface area contributed by atoms with E-state index in [9.17, 15) is 4.39 Å². The van der Waals surface area contributed by atoms with Crippen LogP contribution < -0.4 is 10.5 Å². The Labute approximate surface area is 141 Å². The average Bonchev–Trinajstić information content (AvgIpc) is 3.21. The minimum Gasteiger partial charge on any atom is -0.494 e. The van der Waals surface area contributed by atoms with Gasteiger partial charge >= 0.3 is 0 Å². The van der Waals surface area contributed by atoms with Gasteiger partial charge in [-0.1, -0.05) is 12.1 Å². The van der Waals surface area contributed by atoms with E-state index in [-0.39, 0.29) is 5.82 Å². The third-order valence-electron chi connectivity index (χ3n) is 3.80. The standard InChI is InChI=1S/C17H14FN5O2/c1-24-15-11(6-7-12-14(15)21-17(19)20-12)16-23-22-13(25-16)8-9-2-4-10(18)5-3-9/h2-7H,8H2,1H3,(H3,19,20,21). The molecule has 0 fully saturated rings. The molecule has 0 atom stereocenters. The zero-order chi connectivity index (χ0) is 17.4. The third-order valence-corrected chi connectivity index (χ3v) is 3.80. The van der Waals surface area contributed by atoms with Gasteiger partial charge in [0.15, 0.2) is 11.7 Å². The molecule has 0 saturated carbocycles. The van der Waals surface area contributed by atoms with Crippen LogP contribution in [0.4, 0.5) is 10.3 Å². The maximum Gasteiger partial charge on any atom is 0.251 e. The van der Waals surface area contributed by atoms with Crippen LogP contribution in [0.3, 0.4) is 0 Å². The van der Waals surface area contributed by atoms with Crippen molar-refractivity contribution < 1.29 is 13.5 Å². The van der Waals surface area contributed by atoms with Crippen LogP contribution in [0.2, 0.25) is 0 Å². The number of halogens is 1. The van der Waals surface area contributed by atoms with Crippen molar-refractivity contribution in [1.29, 1.82) is 0 Å². The highest BCUT2D eigenvalue weighted by Gasteiger charge is 2.18. The molecule has 2 aromatic carbocycles. The number of nitrogens with zero attached hydrogens (tertiary/aromatic N) is 3. The van der Waals surface area contributed by atoms with Crippen LogP contribution >= 0.6 is 0 Å². The SMILES string of the molecule is COc1c(-c2nnc(Cc3ccc(F)cc3)o2)ccc2[nH]c(N)nc12. The van der Waals surface area contributed by atoms with Gasteiger partial charge in [-0.2, -0.15) is 0 Å². The predicted molar refractivity (Wildman–Crippen MR) is 89.6 cm³/mol. The Morgan fingerprint density at radius 2 is 1.96 bits per heavy atom. The number of aromatic nitrogens is 4. The lowest BCUT2D eigenvalue weighted by atomic mass is 10.1. The highest BCUT2D eigenvalue weighted by molar-refractivity contribution is 5.90. The summed E-state index contributed by atoms with van der Waals surface area (Å²) in [6, 6.07) is 9.77. The van der Waals surface area contributed by atoms with E-state index in [1.165, 1.54) is 12.1 Å². The fourth-order valence-corrected chi connectivity index (χ4v) is 2.66. The molecule has 4 rings (SSSR count). The monoisotopic (exact) mass is 339 g/mol. The first kappa shape index (κ1) is 15.1. The molecule has 2 aromatic heterocycles. The molecule has 7 nitrogen and oxygen atoms in total. The van der Waals surface area contributed by atoms with E-state index >= 15 is 0 Å². The van der Waals surface area contributed by atoms with Crippen molar-refractivity contribution in [2.45, 2.75) is 6.42 Å².